The number of rotatable bonds is 5. The van der Waals surface area contributed by atoms with E-state index in [0.717, 1.165) is 36.6 Å². The average molecular weight is 282 g/mol. The molecule has 1 N–H and O–H groups in total. The zero-order valence-electron chi connectivity index (χ0n) is 10.7. The van der Waals surface area contributed by atoms with Crippen molar-refractivity contribution >= 4 is 17.4 Å². The molecule has 5 nitrogen and oxygen atoms in total. The Morgan fingerprint density at radius 1 is 1.58 bits per heavy atom. The Morgan fingerprint density at radius 2 is 2.42 bits per heavy atom. The zero-order valence-corrected chi connectivity index (χ0v) is 11.5. The van der Waals surface area contributed by atoms with Crippen molar-refractivity contribution in [2.24, 2.45) is 4.99 Å². The Kier molecular flexibility index (Phi) is 4.90. The van der Waals surface area contributed by atoms with E-state index in [1.807, 2.05) is 13.0 Å². The fourth-order valence-electron chi connectivity index (χ4n) is 1.98. The minimum atomic E-state index is 0.168. The van der Waals surface area contributed by atoms with Crippen LogP contribution in [0.25, 0.3) is 0 Å². The van der Waals surface area contributed by atoms with Crippen LogP contribution in [0, 0.1) is 0 Å². The van der Waals surface area contributed by atoms with Gasteiger partial charge < -0.3 is 4.90 Å². The smallest absolute Gasteiger partial charge is 0.129 e. The van der Waals surface area contributed by atoms with Crippen molar-refractivity contribution in [2.45, 2.75) is 13.5 Å². The molecule has 0 fully saturated rings. The summed E-state index contributed by atoms with van der Waals surface area (Å²) in [5.74, 6) is 0.937. The second-order valence-corrected chi connectivity index (χ2v) is 4.69. The van der Waals surface area contributed by atoms with E-state index in [1.54, 1.807) is 18.3 Å². The number of aliphatic imine (C=N–C) groups is 1. The molecule has 19 heavy (non-hydrogen) atoms. The molecule has 0 atom stereocenters. The number of amidine groups is 1. The van der Waals surface area contributed by atoms with Gasteiger partial charge in [-0.15, -0.1) is 0 Å². The summed E-state index contributed by atoms with van der Waals surface area (Å²) < 4.78 is 0. The van der Waals surface area contributed by atoms with Crippen LogP contribution in [-0.4, -0.2) is 40.7 Å². The molecule has 2 rings (SSSR count). The van der Waals surface area contributed by atoms with Gasteiger partial charge in [0, 0.05) is 19.3 Å². The summed E-state index contributed by atoms with van der Waals surface area (Å²) in [5, 5.41) is 8.86. The van der Waals surface area contributed by atoms with E-state index in [1.165, 1.54) is 0 Å². The molecule has 0 bridgehead atoms. The van der Waals surface area contributed by atoms with E-state index < -0.39 is 0 Å². The summed E-state index contributed by atoms with van der Waals surface area (Å²) in [6, 6.07) is 3.74. The van der Waals surface area contributed by atoms with Gasteiger partial charge in [0.05, 0.1) is 6.54 Å². The van der Waals surface area contributed by atoms with Crippen molar-refractivity contribution in [3.63, 3.8) is 0 Å². The van der Waals surface area contributed by atoms with Gasteiger partial charge in [0.1, 0.15) is 17.6 Å². The minimum absolute atomic E-state index is 0.168. The normalized spacial score (nSPS) is 15.8. The quantitative estimate of drug-likeness (QED) is 0.511. The topological polar surface area (TPSA) is 58.0 Å². The maximum absolute atomic E-state index is 8.37. The first kappa shape index (κ1) is 14.0. The van der Waals surface area contributed by atoms with Gasteiger partial charge in [0.15, 0.2) is 0 Å². The largest absolute Gasteiger partial charge is 0.350 e. The highest BCUT2D eigenvalue weighted by atomic mass is 35.5. The van der Waals surface area contributed by atoms with Crippen LogP contribution in [0.15, 0.2) is 35.0 Å². The van der Waals surface area contributed by atoms with Gasteiger partial charge in [-0.1, -0.05) is 17.7 Å². The minimum Gasteiger partial charge on any atom is -0.350 e. The molecule has 0 amide bonds. The number of pyridine rings is 1. The van der Waals surface area contributed by atoms with Gasteiger partial charge in [0.2, 0.25) is 0 Å². The lowest BCUT2D eigenvalue weighted by Gasteiger charge is -2.20. The second-order valence-electron chi connectivity index (χ2n) is 4.30. The molecule has 0 spiro atoms. The van der Waals surface area contributed by atoms with Gasteiger partial charge in [-0.3, -0.25) is 10.2 Å². The van der Waals surface area contributed by atoms with E-state index in [4.69, 9.17) is 16.9 Å². The highest BCUT2D eigenvalue weighted by Gasteiger charge is 2.18. The number of hydrogen-bond donors (Lipinski definition) is 1. The summed E-state index contributed by atoms with van der Waals surface area (Å²) in [7, 11) is 0. The fourth-order valence-corrected chi connectivity index (χ4v) is 2.10. The first-order valence-corrected chi connectivity index (χ1v) is 6.42. The van der Waals surface area contributed by atoms with E-state index >= 15 is 0 Å². The van der Waals surface area contributed by atoms with Gasteiger partial charge in [-0.25, -0.2) is 9.87 Å². The van der Waals surface area contributed by atoms with Crippen LogP contribution < -0.4 is 0 Å². The molecular weight excluding hydrogens is 266 g/mol. The van der Waals surface area contributed by atoms with Crippen LogP contribution in [0.5, 0.6) is 0 Å². The van der Waals surface area contributed by atoms with Gasteiger partial charge >= 0.3 is 0 Å². The molecular formula is C13H16ClN3O2. The summed E-state index contributed by atoms with van der Waals surface area (Å²) in [6.45, 7) is 4.52. The van der Waals surface area contributed by atoms with Crippen molar-refractivity contribution < 1.29 is 10.1 Å². The molecule has 1 aromatic heterocycles. The maximum atomic E-state index is 8.37. The number of halogens is 1. The molecule has 0 radical (unpaired) electrons. The lowest BCUT2D eigenvalue weighted by Crippen LogP contribution is -2.28. The summed E-state index contributed by atoms with van der Waals surface area (Å²) >= 11 is 5.77. The lowest BCUT2D eigenvalue weighted by atomic mass is 10.2. The van der Waals surface area contributed by atoms with Crippen LogP contribution in [0.1, 0.15) is 12.5 Å². The van der Waals surface area contributed by atoms with Crippen molar-refractivity contribution in [2.75, 3.05) is 19.7 Å². The van der Waals surface area contributed by atoms with Crippen molar-refractivity contribution in [1.82, 2.24) is 9.88 Å². The monoisotopic (exact) mass is 281 g/mol. The van der Waals surface area contributed by atoms with Crippen molar-refractivity contribution in [1.29, 1.82) is 0 Å². The third kappa shape index (κ3) is 3.76. The highest BCUT2D eigenvalue weighted by Crippen LogP contribution is 2.15. The number of nitrogens with zero attached hydrogens (tertiary/aromatic N) is 3. The van der Waals surface area contributed by atoms with Gasteiger partial charge in [0.25, 0.3) is 0 Å². The summed E-state index contributed by atoms with van der Waals surface area (Å²) in [4.78, 5) is 14.8. The van der Waals surface area contributed by atoms with Crippen molar-refractivity contribution in [3.05, 3.63) is 40.7 Å². The van der Waals surface area contributed by atoms with Gasteiger partial charge in [-0.05, 0) is 30.2 Å². The highest BCUT2D eigenvalue weighted by molar-refractivity contribution is 6.29. The first-order chi connectivity index (χ1) is 9.20. The summed E-state index contributed by atoms with van der Waals surface area (Å²) in [5.41, 5.74) is 2.08. The maximum Gasteiger partial charge on any atom is 0.129 e. The predicted molar refractivity (Wildman–Crippen MR) is 74.3 cm³/mol. The molecule has 0 unspecified atom stereocenters. The van der Waals surface area contributed by atoms with Crippen LogP contribution in [-0.2, 0) is 11.4 Å². The SMILES string of the molecule is C/C(=C/COO)C1=NCCN1Cc1ccc(Cl)nc1. The average Bonchev–Trinajstić information content (AvgIpc) is 2.87. The molecule has 2 heterocycles. The number of hydrogen-bond acceptors (Lipinski definition) is 5. The molecule has 0 saturated heterocycles. The Morgan fingerprint density at radius 3 is 3.11 bits per heavy atom. The zero-order chi connectivity index (χ0) is 13.7. The van der Waals surface area contributed by atoms with Crippen molar-refractivity contribution in [3.8, 4) is 0 Å². The second kappa shape index (κ2) is 6.65. The molecule has 102 valence electrons. The third-order valence-electron chi connectivity index (χ3n) is 2.91. The first-order valence-electron chi connectivity index (χ1n) is 6.04. The van der Waals surface area contributed by atoms with E-state index in [2.05, 4.69) is 19.8 Å². The van der Waals surface area contributed by atoms with E-state index in [-0.39, 0.29) is 6.61 Å². The Bertz CT molecular complexity index is 485. The molecule has 1 aliphatic rings. The van der Waals surface area contributed by atoms with Crippen LogP contribution in [0.3, 0.4) is 0 Å². The van der Waals surface area contributed by atoms with Crippen LogP contribution in [0.4, 0.5) is 0 Å². The molecule has 0 aromatic carbocycles. The Hall–Kier alpha value is -1.43. The number of aromatic nitrogens is 1. The lowest BCUT2D eigenvalue weighted by molar-refractivity contribution is -0.231. The molecule has 1 aliphatic heterocycles. The summed E-state index contributed by atoms with van der Waals surface area (Å²) in [6.07, 6.45) is 3.57. The van der Waals surface area contributed by atoms with Crippen LogP contribution >= 0.6 is 11.6 Å². The molecule has 6 heteroatoms. The van der Waals surface area contributed by atoms with E-state index in [0.29, 0.717) is 5.15 Å². The third-order valence-corrected chi connectivity index (χ3v) is 3.13. The van der Waals surface area contributed by atoms with E-state index in [9.17, 15) is 0 Å². The Balaban J connectivity index is 2.04. The predicted octanol–water partition coefficient (Wildman–Crippen LogP) is 2.39. The van der Waals surface area contributed by atoms with Crippen LogP contribution in [0.2, 0.25) is 5.15 Å². The molecule has 0 aliphatic carbocycles. The standard InChI is InChI=1S/C13H16ClN3O2/c1-10(4-7-19-18)13-15-5-6-17(13)9-11-2-3-12(14)16-8-11/h2-4,8,18H,5-7,9H2,1H3/b10-4-. The molecule has 0 saturated carbocycles. The molecule has 1 aromatic rings. The fraction of sp³-hybridized carbons (Fsp3) is 0.385. The Labute approximate surface area is 117 Å². The van der Waals surface area contributed by atoms with Gasteiger partial charge in [-0.2, -0.15) is 0 Å².